The molecule has 10 heteroatoms. The summed E-state index contributed by atoms with van der Waals surface area (Å²) < 4.78 is 43.8. The van der Waals surface area contributed by atoms with Crippen molar-refractivity contribution in [2.24, 2.45) is 0 Å². The summed E-state index contributed by atoms with van der Waals surface area (Å²) in [7, 11) is 0. The summed E-state index contributed by atoms with van der Waals surface area (Å²) in [6, 6.07) is 14.6. The lowest BCUT2D eigenvalue weighted by Crippen LogP contribution is -2.13. The Balaban J connectivity index is 1.51. The smallest absolute Gasteiger partial charge is 0.417 e. The monoisotopic (exact) mass is 446 g/mol. The van der Waals surface area contributed by atoms with E-state index in [9.17, 15) is 18.0 Å². The van der Waals surface area contributed by atoms with E-state index in [1.807, 2.05) is 12.1 Å². The standard InChI is InChI=1S/C21H14ClF3N4O2/c22-17-8-12(21(23,24)25)10-27-20(17)31-14-5-3-4-13(9-14)26-11-18-15-6-1-2-7-16(15)19(30)29-28-18/h1-10,26H,11H2,(H,29,30). The van der Waals surface area contributed by atoms with Crippen LogP contribution in [-0.4, -0.2) is 15.2 Å². The summed E-state index contributed by atoms with van der Waals surface area (Å²) in [5, 5.41) is 10.8. The molecule has 0 unspecified atom stereocenters. The number of pyridine rings is 1. The normalized spacial score (nSPS) is 11.5. The number of aromatic amines is 1. The molecule has 2 N–H and O–H groups in total. The molecule has 0 aliphatic rings. The first-order valence-corrected chi connectivity index (χ1v) is 9.40. The maximum absolute atomic E-state index is 12.8. The van der Waals surface area contributed by atoms with Gasteiger partial charge in [0, 0.05) is 23.3 Å². The number of hydrogen-bond acceptors (Lipinski definition) is 5. The number of H-pyrrole nitrogens is 1. The van der Waals surface area contributed by atoms with Gasteiger partial charge in [-0.3, -0.25) is 4.79 Å². The SMILES string of the molecule is O=c1[nH]nc(CNc2cccc(Oc3ncc(C(F)(F)F)cc3Cl)c2)c2ccccc12. The van der Waals surface area contributed by atoms with Gasteiger partial charge in [-0.15, -0.1) is 0 Å². The molecule has 31 heavy (non-hydrogen) atoms. The van der Waals surface area contributed by atoms with E-state index in [0.29, 0.717) is 35.3 Å². The fourth-order valence-corrected chi connectivity index (χ4v) is 3.13. The molecule has 6 nitrogen and oxygen atoms in total. The average molecular weight is 447 g/mol. The second kappa shape index (κ2) is 8.27. The van der Waals surface area contributed by atoms with Gasteiger partial charge in [-0.1, -0.05) is 35.9 Å². The van der Waals surface area contributed by atoms with E-state index in [2.05, 4.69) is 20.5 Å². The van der Waals surface area contributed by atoms with Gasteiger partial charge in [-0.25, -0.2) is 10.1 Å². The summed E-state index contributed by atoms with van der Waals surface area (Å²) >= 11 is 5.89. The van der Waals surface area contributed by atoms with Gasteiger partial charge in [0.25, 0.3) is 5.56 Å². The molecule has 0 fully saturated rings. The van der Waals surface area contributed by atoms with Gasteiger partial charge < -0.3 is 10.1 Å². The molecule has 4 rings (SSSR count). The average Bonchev–Trinajstić information content (AvgIpc) is 2.74. The summed E-state index contributed by atoms with van der Waals surface area (Å²) in [6.45, 7) is 0.319. The number of anilines is 1. The van der Waals surface area contributed by atoms with Crippen LogP contribution in [0.4, 0.5) is 18.9 Å². The molecule has 0 bridgehead atoms. The summed E-state index contributed by atoms with van der Waals surface area (Å²) in [5.41, 5.74) is 0.0863. The molecule has 0 aliphatic carbocycles. The van der Waals surface area contributed by atoms with Crippen LogP contribution in [0.3, 0.4) is 0 Å². The van der Waals surface area contributed by atoms with Crippen LogP contribution >= 0.6 is 11.6 Å². The zero-order valence-corrected chi connectivity index (χ0v) is 16.5. The maximum atomic E-state index is 12.8. The molecule has 2 aromatic carbocycles. The zero-order chi connectivity index (χ0) is 22.0. The van der Waals surface area contributed by atoms with Gasteiger partial charge in [-0.05, 0) is 24.3 Å². The van der Waals surface area contributed by atoms with Crippen LogP contribution in [0.5, 0.6) is 11.6 Å². The van der Waals surface area contributed by atoms with E-state index < -0.39 is 11.7 Å². The van der Waals surface area contributed by atoms with E-state index >= 15 is 0 Å². The van der Waals surface area contributed by atoms with Crippen LogP contribution in [0.15, 0.2) is 65.6 Å². The first-order valence-electron chi connectivity index (χ1n) is 9.02. The van der Waals surface area contributed by atoms with Crippen molar-refractivity contribution in [1.82, 2.24) is 15.2 Å². The molecule has 2 heterocycles. The highest BCUT2D eigenvalue weighted by Gasteiger charge is 2.31. The van der Waals surface area contributed by atoms with Crippen LogP contribution in [0.25, 0.3) is 10.8 Å². The predicted octanol–water partition coefficient (Wildman–Crippen LogP) is 5.39. The van der Waals surface area contributed by atoms with E-state index in [1.165, 1.54) is 0 Å². The van der Waals surface area contributed by atoms with Crippen LogP contribution in [0.1, 0.15) is 11.3 Å². The molecule has 0 spiro atoms. The van der Waals surface area contributed by atoms with Gasteiger partial charge in [0.05, 0.1) is 23.2 Å². The number of nitrogens with zero attached hydrogens (tertiary/aromatic N) is 2. The number of hydrogen-bond donors (Lipinski definition) is 2. The van der Waals surface area contributed by atoms with Crippen molar-refractivity contribution in [1.29, 1.82) is 0 Å². The molecule has 0 atom stereocenters. The van der Waals surface area contributed by atoms with Crippen molar-refractivity contribution >= 4 is 28.1 Å². The third-order valence-electron chi connectivity index (χ3n) is 4.42. The molecule has 0 saturated heterocycles. The Hall–Kier alpha value is -3.59. The number of alkyl halides is 3. The van der Waals surface area contributed by atoms with Gasteiger partial charge in [0.1, 0.15) is 10.8 Å². The van der Waals surface area contributed by atoms with E-state index in [0.717, 1.165) is 11.5 Å². The Labute approximate surface area is 178 Å². The Bertz CT molecular complexity index is 1310. The van der Waals surface area contributed by atoms with Crippen LogP contribution in [-0.2, 0) is 12.7 Å². The Morgan fingerprint density at radius 2 is 1.84 bits per heavy atom. The molecule has 0 amide bonds. The molecule has 158 valence electrons. The number of benzene rings is 2. The molecule has 4 aromatic rings. The van der Waals surface area contributed by atoms with Crippen molar-refractivity contribution in [2.45, 2.75) is 12.7 Å². The number of fused-ring (bicyclic) bond motifs is 1. The molecule has 0 saturated carbocycles. The highest BCUT2D eigenvalue weighted by Crippen LogP contribution is 2.35. The van der Waals surface area contributed by atoms with E-state index in [1.54, 1.807) is 36.4 Å². The lowest BCUT2D eigenvalue weighted by Gasteiger charge is -2.12. The lowest BCUT2D eigenvalue weighted by atomic mass is 10.1. The highest BCUT2D eigenvalue weighted by atomic mass is 35.5. The largest absolute Gasteiger partial charge is 0.437 e. The fraction of sp³-hybridized carbons (Fsp3) is 0.0952. The number of rotatable bonds is 5. The number of ether oxygens (including phenoxy) is 1. The van der Waals surface area contributed by atoms with E-state index in [4.69, 9.17) is 16.3 Å². The summed E-state index contributed by atoms with van der Waals surface area (Å²) in [6.07, 6.45) is -3.88. The van der Waals surface area contributed by atoms with Crippen molar-refractivity contribution in [3.8, 4) is 11.6 Å². The minimum absolute atomic E-state index is 0.139. The Morgan fingerprint density at radius 3 is 2.58 bits per heavy atom. The summed E-state index contributed by atoms with van der Waals surface area (Å²) in [4.78, 5) is 15.6. The van der Waals surface area contributed by atoms with Gasteiger partial charge >= 0.3 is 6.18 Å². The second-order valence-electron chi connectivity index (χ2n) is 6.54. The molecular weight excluding hydrogens is 433 g/mol. The first-order chi connectivity index (χ1) is 14.8. The highest BCUT2D eigenvalue weighted by molar-refractivity contribution is 6.31. The van der Waals surface area contributed by atoms with E-state index in [-0.39, 0.29) is 16.5 Å². The molecular formula is C21H14ClF3N4O2. The number of halogens is 4. The quantitative estimate of drug-likeness (QED) is 0.429. The Morgan fingerprint density at radius 1 is 1.06 bits per heavy atom. The number of aromatic nitrogens is 3. The van der Waals surface area contributed by atoms with Crippen molar-refractivity contribution in [2.75, 3.05) is 5.32 Å². The third kappa shape index (κ3) is 4.61. The fourth-order valence-electron chi connectivity index (χ4n) is 2.93. The zero-order valence-electron chi connectivity index (χ0n) is 15.7. The second-order valence-corrected chi connectivity index (χ2v) is 6.94. The molecule has 0 aliphatic heterocycles. The minimum atomic E-state index is -4.54. The predicted molar refractivity (Wildman–Crippen MR) is 110 cm³/mol. The third-order valence-corrected chi connectivity index (χ3v) is 4.69. The van der Waals surface area contributed by atoms with Crippen molar-refractivity contribution < 1.29 is 17.9 Å². The van der Waals surface area contributed by atoms with Crippen molar-refractivity contribution in [3.63, 3.8) is 0 Å². The number of nitrogens with one attached hydrogen (secondary N) is 2. The van der Waals surface area contributed by atoms with Gasteiger partial charge in [0.15, 0.2) is 0 Å². The Kier molecular flexibility index (Phi) is 5.51. The summed E-state index contributed by atoms with van der Waals surface area (Å²) in [5.74, 6) is 0.193. The lowest BCUT2D eigenvalue weighted by molar-refractivity contribution is -0.137. The van der Waals surface area contributed by atoms with Gasteiger partial charge in [-0.2, -0.15) is 18.3 Å². The van der Waals surface area contributed by atoms with Crippen LogP contribution in [0, 0.1) is 0 Å². The van der Waals surface area contributed by atoms with Gasteiger partial charge in [0.2, 0.25) is 5.88 Å². The topological polar surface area (TPSA) is 79.9 Å². The van der Waals surface area contributed by atoms with Crippen LogP contribution in [0.2, 0.25) is 5.02 Å². The first kappa shape index (κ1) is 20.7. The molecule has 2 aromatic heterocycles. The van der Waals surface area contributed by atoms with Crippen LogP contribution < -0.4 is 15.6 Å². The minimum Gasteiger partial charge on any atom is -0.437 e. The molecule has 0 radical (unpaired) electrons. The maximum Gasteiger partial charge on any atom is 0.417 e. The van der Waals surface area contributed by atoms with Crippen molar-refractivity contribution in [3.05, 3.63) is 87.4 Å².